The molecule has 1 aliphatic rings. The van der Waals surface area contributed by atoms with E-state index in [-0.39, 0.29) is 34.8 Å². The number of hydrogen-bond acceptors (Lipinski definition) is 7. The highest BCUT2D eigenvalue weighted by Gasteiger charge is 2.30. The Morgan fingerprint density at radius 2 is 2.06 bits per heavy atom. The van der Waals surface area contributed by atoms with E-state index in [1.807, 2.05) is 4.90 Å². The Morgan fingerprint density at radius 3 is 2.74 bits per heavy atom. The summed E-state index contributed by atoms with van der Waals surface area (Å²) >= 11 is 7.52. The number of rotatable bonds is 8. The lowest BCUT2D eigenvalue weighted by molar-refractivity contribution is 0.145. The molecule has 1 atom stereocenters. The highest BCUT2D eigenvalue weighted by atomic mass is 35.5. The first-order chi connectivity index (χ1) is 16.5. The molecule has 0 aliphatic carbocycles. The second-order valence-corrected chi connectivity index (χ2v) is 10.7. The molecular weight excluding hydrogens is 530 g/mol. The maximum absolute atomic E-state index is 14.9. The zero-order valence-electron chi connectivity index (χ0n) is 18.3. The molecule has 3 aromatic rings. The van der Waals surface area contributed by atoms with Crippen LogP contribution < -0.4 is 9.62 Å². The number of anilines is 2. The van der Waals surface area contributed by atoms with Gasteiger partial charge in [0, 0.05) is 44.2 Å². The van der Waals surface area contributed by atoms with E-state index in [0.29, 0.717) is 19.5 Å². The van der Waals surface area contributed by atoms with E-state index >= 15 is 0 Å². The zero-order chi connectivity index (χ0) is 25.3. The number of likely N-dealkylation sites (tertiary alicyclic amines) is 1. The van der Waals surface area contributed by atoms with Crippen LogP contribution in [0.4, 0.5) is 29.1 Å². The number of alkyl halides is 2. The molecule has 0 saturated carbocycles. The van der Waals surface area contributed by atoms with Crippen LogP contribution in [0.1, 0.15) is 24.2 Å². The van der Waals surface area contributed by atoms with Gasteiger partial charge in [-0.1, -0.05) is 11.6 Å². The van der Waals surface area contributed by atoms with Crippen molar-refractivity contribution in [2.75, 3.05) is 29.8 Å². The molecule has 0 amide bonds. The van der Waals surface area contributed by atoms with Crippen LogP contribution in [0.2, 0.25) is 5.02 Å². The van der Waals surface area contributed by atoms with E-state index in [1.54, 1.807) is 11.9 Å². The molecule has 7 nitrogen and oxygen atoms in total. The lowest BCUT2D eigenvalue weighted by atomic mass is 10.2. The van der Waals surface area contributed by atoms with Crippen LogP contribution in [0.15, 0.2) is 40.1 Å². The molecule has 3 heterocycles. The van der Waals surface area contributed by atoms with Crippen LogP contribution in [-0.4, -0.2) is 49.5 Å². The second-order valence-electron chi connectivity index (χ2n) is 7.97. The van der Waals surface area contributed by atoms with Crippen LogP contribution in [0.25, 0.3) is 0 Å². The Morgan fingerprint density at radius 1 is 1.29 bits per heavy atom. The normalized spacial score (nSPS) is 16.7. The number of halogens is 5. The van der Waals surface area contributed by atoms with Crippen molar-refractivity contribution >= 4 is 44.5 Å². The molecule has 1 unspecified atom stereocenters. The fraction of sp³-hybridized carbons (Fsp3) is 0.333. The van der Waals surface area contributed by atoms with Crippen LogP contribution >= 0.6 is 22.9 Å². The highest BCUT2D eigenvalue weighted by molar-refractivity contribution is 7.92. The summed E-state index contributed by atoms with van der Waals surface area (Å²) in [6.45, 7) is 0.983. The minimum Gasteiger partial charge on any atom is -0.369 e. The van der Waals surface area contributed by atoms with E-state index in [4.69, 9.17) is 11.6 Å². The van der Waals surface area contributed by atoms with Gasteiger partial charge in [0.05, 0.1) is 21.9 Å². The molecule has 14 heteroatoms. The average Bonchev–Trinajstić information content (AvgIpc) is 3.47. The van der Waals surface area contributed by atoms with E-state index in [0.717, 1.165) is 24.3 Å². The van der Waals surface area contributed by atoms with Crippen LogP contribution in [0.5, 0.6) is 0 Å². The van der Waals surface area contributed by atoms with Gasteiger partial charge in [-0.15, -0.1) is 11.3 Å². The fourth-order valence-electron chi connectivity index (χ4n) is 3.86. The predicted molar refractivity (Wildman–Crippen MR) is 126 cm³/mol. The molecule has 35 heavy (non-hydrogen) atoms. The standard InChI is InChI=1S/C21H20ClF4N5O2S2/c1-30(12-4-5-31(8-12)9-17-14(23)2-3-16(28-17)21(25)26)18-7-15(24)19(6-13(18)22)35(32,33)29-20-10-34-11-27-20/h2-3,6-7,10-12,21,29H,4-5,8-9H2,1H3. The number of pyridine rings is 1. The number of likely N-dealkylation sites (N-methyl/N-ethyl adjacent to an activating group) is 1. The van der Waals surface area contributed by atoms with Gasteiger partial charge in [0.15, 0.2) is 5.82 Å². The Hall–Kier alpha value is -2.48. The smallest absolute Gasteiger partial charge is 0.280 e. The lowest BCUT2D eigenvalue weighted by Gasteiger charge is -2.28. The number of nitrogens with zero attached hydrogens (tertiary/aromatic N) is 4. The first-order valence-electron chi connectivity index (χ1n) is 10.3. The minimum absolute atomic E-state index is 0.0309. The predicted octanol–water partition coefficient (Wildman–Crippen LogP) is 4.92. The van der Waals surface area contributed by atoms with Crippen molar-refractivity contribution in [2.45, 2.75) is 30.3 Å². The topological polar surface area (TPSA) is 78.4 Å². The molecule has 0 radical (unpaired) electrons. The van der Waals surface area contributed by atoms with Gasteiger partial charge in [0.2, 0.25) is 0 Å². The maximum atomic E-state index is 14.9. The first-order valence-corrected chi connectivity index (χ1v) is 13.1. The van der Waals surface area contributed by atoms with Crippen molar-refractivity contribution < 1.29 is 26.0 Å². The summed E-state index contributed by atoms with van der Waals surface area (Å²) in [5, 5.41) is 1.50. The summed E-state index contributed by atoms with van der Waals surface area (Å²) < 4.78 is 82.2. The largest absolute Gasteiger partial charge is 0.369 e. The van der Waals surface area contributed by atoms with Gasteiger partial charge in [0.25, 0.3) is 16.4 Å². The third kappa shape index (κ3) is 5.68. The Balaban J connectivity index is 1.48. The van der Waals surface area contributed by atoms with Gasteiger partial charge in [-0.3, -0.25) is 9.62 Å². The van der Waals surface area contributed by atoms with Gasteiger partial charge in [-0.25, -0.2) is 35.9 Å². The molecule has 0 spiro atoms. The van der Waals surface area contributed by atoms with Crippen molar-refractivity contribution in [3.8, 4) is 0 Å². The highest BCUT2D eigenvalue weighted by Crippen LogP contribution is 2.34. The molecule has 188 valence electrons. The van der Waals surface area contributed by atoms with Crippen LogP contribution in [0.3, 0.4) is 0 Å². The number of nitrogens with one attached hydrogen (secondary N) is 1. The van der Waals surface area contributed by atoms with Gasteiger partial charge in [-0.2, -0.15) is 0 Å². The molecule has 1 N–H and O–H groups in total. The molecular formula is C21H20ClF4N5O2S2. The molecule has 1 aromatic carbocycles. The lowest BCUT2D eigenvalue weighted by Crippen LogP contribution is -2.35. The Kier molecular flexibility index (Phi) is 7.50. The van der Waals surface area contributed by atoms with E-state index < -0.39 is 38.7 Å². The molecule has 1 saturated heterocycles. The van der Waals surface area contributed by atoms with Gasteiger partial charge >= 0.3 is 0 Å². The van der Waals surface area contributed by atoms with Gasteiger partial charge in [0.1, 0.15) is 22.2 Å². The summed E-state index contributed by atoms with van der Waals surface area (Å²) in [4.78, 5) is 10.5. The minimum atomic E-state index is -4.24. The third-order valence-corrected chi connectivity index (χ3v) is 7.93. The Labute approximate surface area is 208 Å². The summed E-state index contributed by atoms with van der Waals surface area (Å²) in [7, 11) is -2.56. The molecule has 0 bridgehead atoms. The number of sulfonamides is 1. The number of aromatic nitrogens is 2. The van der Waals surface area contributed by atoms with Crippen LogP contribution in [-0.2, 0) is 16.6 Å². The van der Waals surface area contributed by atoms with Crippen LogP contribution in [0, 0.1) is 11.6 Å². The fourth-order valence-corrected chi connectivity index (χ4v) is 5.87. The number of benzene rings is 1. The van der Waals surface area contributed by atoms with Crippen molar-refractivity contribution in [3.05, 3.63) is 63.2 Å². The number of hydrogen-bond donors (Lipinski definition) is 1. The Bertz CT molecular complexity index is 1310. The average molecular weight is 550 g/mol. The summed E-state index contributed by atoms with van der Waals surface area (Å²) in [6.07, 6.45) is -2.19. The van der Waals surface area contributed by atoms with Gasteiger partial charge in [-0.05, 0) is 24.6 Å². The third-order valence-electron chi connectivity index (χ3n) is 5.67. The molecule has 1 aliphatic heterocycles. The monoisotopic (exact) mass is 549 g/mol. The van der Waals surface area contributed by atoms with E-state index in [2.05, 4.69) is 14.7 Å². The van der Waals surface area contributed by atoms with Crippen molar-refractivity contribution in [1.29, 1.82) is 0 Å². The van der Waals surface area contributed by atoms with Crippen molar-refractivity contribution in [3.63, 3.8) is 0 Å². The summed E-state index contributed by atoms with van der Waals surface area (Å²) in [5.41, 5.74) is 1.16. The molecule has 2 aromatic heterocycles. The maximum Gasteiger partial charge on any atom is 0.280 e. The summed E-state index contributed by atoms with van der Waals surface area (Å²) in [5.74, 6) is -1.58. The van der Waals surface area contributed by atoms with E-state index in [1.165, 1.54) is 22.2 Å². The molecule has 4 rings (SSSR count). The van der Waals surface area contributed by atoms with Gasteiger partial charge < -0.3 is 4.90 Å². The van der Waals surface area contributed by atoms with Crippen molar-refractivity contribution in [1.82, 2.24) is 14.9 Å². The quantitative estimate of drug-likeness (QED) is 0.402. The zero-order valence-corrected chi connectivity index (χ0v) is 20.6. The summed E-state index contributed by atoms with van der Waals surface area (Å²) in [6, 6.07) is 3.86. The molecule has 1 fully saturated rings. The van der Waals surface area contributed by atoms with E-state index in [9.17, 15) is 26.0 Å². The SMILES string of the molecule is CN(c1cc(F)c(S(=O)(=O)Nc2cscn2)cc1Cl)C1CCN(Cc2nc(C(F)F)ccc2F)C1. The second kappa shape index (κ2) is 10.2. The number of thiazole rings is 1. The first kappa shape index (κ1) is 25.6. The van der Waals surface area contributed by atoms with Crippen molar-refractivity contribution in [2.24, 2.45) is 0 Å².